The van der Waals surface area contributed by atoms with Gasteiger partial charge in [-0.3, -0.25) is 4.79 Å². The number of methoxy groups -OCH3 is 1. The predicted octanol–water partition coefficient (Wildman–Crippen LogP) is 5.81. The third kappa shape index (κ3) is 5.26. The van der Waals surface area contributed by atoms with E-state index in [9.17, 15) is 23.1 Å². The number of phenols is 1. The summed E-state index contributed by atoms with van der Waals surface area (Å²) in [6, 6.07) is 17.2. The van der Waals surface area contributed by atoms with Crippen molar-refractivity contribution in [2.75, 3.05) is 12.4 Å². The highest BCUT2D eigenvalue weighted by Crippen LogP contribution is 2.52. The standard InChI is InChI=1S/C25H20F3N3O4/c1-34-22-12-8-16(14-20(22)32)9-13-23(33)29-19-4-2-3-5-21(19)35-15-17-6-10-18(11-7-17)24(30-31-24)25(26,27)28/h2-14,32H,15H2,1H3,(H,29,33)/b13-9+. The first kappa shape index (κ1) is 23.8. The largest absolute Gasteiger partial charge is 0.504 e. The Labute approximate surface area is 198 Å². The third-order valence-electron chi connectivity index (χ3n) is 5.22. The highest BCUT2D eigenvalue weighted by Gasteiger charge is 2.65. The minimum absolute atomic E-state index is 0.0451. The molecular formula is C25H20F3N3O4. The van der Waals surface area contributed by atoms with Gasteiger partial charge in [0.25, 0.3) is 0 Å². The van der Waals surface area contributed by atoms with Crippen molar-refractivity contribution in [2.45, 2.75) is 18.4 Å². The number of halogens is 3. The van der Waals surface area contributed by atoms with Gasteiger partial charge >= 0.3 is 11.8 Å². The molecule has 1 amide bonds. The van der Waals surface area contributed by atoms with Crippen molar-refractivity contribution in [2.24, 2.45) is 10.2 Å². The number of nitrogens with zero attached hydrogens (tertiary/aromatic N) is 2. The molecule has 180 valence electrons. The van der Waals surface area contributed by atoms with Crippen molar-refractivity contribution in [3.63, 3.8) is 0 Å². The van der Waals surface area contributed by atoms with Gasteiger partial charge in [-0.25, -0.2) is 0 Å². The summed E-state index contributed by atoms with van der Waals surface area (Å²) in [5, 5.41) is 18.9. The van der Waals surface area contributed by atoms with Crippen LogP contribution < -0.4 is 14.8 Å². The molecule has 1 aliphatic rings. The first-order valence-corrected chi connectivity index (χ1v) is 10.4. The Morgan fingerprint density at radius 1 is 1.06 bits per heavy atom. The summed E-state index contributed by atoms with van der Waals surface area (Å²) in [6.07, 6.45) is -1.74. The number of nitrogens with one attached hydrogen (secondary N) is 1. The zero-order valence-electron chi connectivity index (χ0n) is 18.4. The fraction of sp³-hybridized carbons (Fsp3) is 0.160. The average Bonchev–Trinajstić information content (AvgIpc) is 3.65. The Kier molecular flexibility index (Phi) is 6.46. The number of benzene rings is 3. The van der Waals surface area contributed by atoms with Crippen molar-refractivity contribution < 1.29 is 32.5 Å². The molecule has 35 heavy (non-hydrogen) atoms. The molecule has 0 aliphatic carbocycles. The lowest BCUT2D eigenvalue weighted by atomic mass is 10.0. The van der Waals surface area contributed by atoms with Crippen LogP contribution in [0.1, 0.15) is 16.7 Å². The molecule has 2 N–H and O–H groups in total. The van der Waals surface area contributed by atoms with Crippen molar-refractivity contribution in [3.05, 3.63) is 89.5 Å². The molecule has 0 fully saturated rings. The van der Waals surface area contributed by atoms with E-state index in [2.05, 4.69) is 15.5 Å². The molecule has 0 spiro atoms. The van der Waals surface area contributed by atoms with Gasteiger partial charge in [-0.05, 0) is 41.5 Å². The number of alkyl halides is 3. The van der Waals surface area contributed by atoms with E-state index in [4.69, 9.17) is 9.47 Å². The lowest BCUT2D eigenvalue weighted by Gasteiger charge is -2.15. The van der Waals surface area contributed by atoms with Crippen LogP contribution in [0.4, 0.5) is 18.9 Å². The van der Waals surface area contributed by atoms with Crippen molar-refractivity contribution in [1.29, 1.82) is 0 Å². The Morgan fingerprint density at radius 3 is 2.40 bits per heavy atom. The van der Waals surface area contributed by atoms with Crippen LogP contribution in [-0.2, 0) is 17.1 Å². The van der Waals surface area contributed by atoms with Gasteiger partial charge < -0.3 is 19.9 Å². The van der Waals surface area contributed by atoms with E-state index in [0.717, 1.165) is 0 Å². The fourth-order valence-corrected chi connectivity index (χ4v) is 3.29. The summed E-state index contributed by atoms with van der Waals surface area (Å²) < 4.78 is 50.2. The maximum atomic E-state index is 13.1. The van der Waals surface area contributed by atoms with E-state index in [1.807, 2.05) is 0 Å². The number of carbonyl (C=O) groups excluding carboxylic acids is 1. The number of hydrogen-bond acceptors (Lipinski definition) is 6. The number of carbonyl (C=O) groups is 1. The van der Waals surface area contributed by atoms with Gasteiger partial charge in [-0.2, -0.15) is 13.2 Å². The Morgan fingerprint density at radius 2 is 1.77 bits per heavy atom. The van der Waals surface area contributed by atoms with Crippen molar-refractivity contribution in [3.8, 4) is 17.2 Å². The Bertz CT molecular complexity index is 1280. The van der Waals surface area contributed by atoms with Crippen LogP contribution >= 0.6 is 0 Å². The summed E-state index contributed by atoms with van der Waals surface area (Å²) in [7, 11) is 1.44. The van der Waals surface area contributed by atoms with E-state index in [1.54, 1.807) is 36.4 Å². The van der Waals surface area contributed by atoms with Crippen LogP contribution in [0.25, 0.3) is 6.08 Å². The molecule has 1 heterocycles. The van der Waals surface area contributed by atoms with Crippen LogP contribution in [0.3, 0.4) is 0 Å². The summed E-state index contributed by atoms with van der Waals surface area (Å²) in [5.74, 6) is 0.246. The van der Waals surface area contributed by atoms with Crippen LogP contribution in [0.5, 0.6) is 17.2 Å². The third-order valence-corrected chi connectivity index (χ3v) is 5.22. The fourth-order valence-electron chi connectivity index (χ4n) is 3.29. The maximum Gasteiger partial charge on any atom is 0.442 e. The minimum atomic E-state index is -4.58. The van der Waals surface area contributed by atoms with Crippen molar-refractivity contribution in [1.82, 2.24) is 0 Å². The molecule has 1 aliphatic heterocycles. The van der Waals surface area contributed by atoms with Gasteiger partial charge in [-0.15, -0.1) is 10.2 Å². The molecule has 7 nitrogen and oxygen atoms in total. The van der Waals surface area contributed by atoms with Gasteiger partial charge in [0, 0.05) is 11.6 Å². The zero-order valence-corrected chi connectivity index (χ0v) is 18.4. The van der Waals surface area contributed by atoms with Gasteiger partial charge in [-0.1, -0.05) is 42.5 Å². The van der Waals surface area contributed by atoms with Gasteiger partial charge in [0.1, 0.15) is 12.4 Å². The average molecular weight is 483 g/mol. The van der Waals surface area contributed by atoms with E-state index >= 15 is 0 Å². The van der Waals surface area contributed by atoms with Crippen molar-refractivity contribution >= 4 is 17.7 Å². The van der Waals surface area contributed by atoms with E-state index in [1.165, 1.54) is 49.6 Å². The second kappa shape index (κ2) is 9.49. The van der Waals surface area contributed by atoms with Gasteiger partial charge in [0.15, 0.2) is 11.5 Å². The number of anilines is 1. The molecule has 3 aromatic rings. The van der Waals surface area contributed by atoms with Crippen LogP contribution in [0, 0.1) is 0 Å². The molecule has 0 unspecified atom stereocenters. The number of rotatable bonds is 8. The lowest BCUT2D eigenvalue weighted by Crippen LogP contribution is -2.30. The lowest BCUT2D eigenvalue weighted by molar-refractivity contribution is -0.166. The Hall–Kier alpha value is -4.34. The molecule has 0 bridgehead atoms. The quantitative estimate of drug-likeness (QED) is 0.396. The maximum absolute atomic E-state index is 13.1. The topological polar surface area (TPSA) is 92.5 Å². The van der Waals surface area contributed by atoms with Crippen LogP contribution in [0.15, 0.2) is 83.0 Å². The second-order valence-corrected chi connectivity index (χ2v) is 7.61. The van der Waals surface area contributed by atoms with Crippen LogP contribution in [0.2, 0.25) is 0 Å². The number of amides is 1. The molecule has 0 aromatic heterocycles. The molecule has 0 saturated carbocycles. The normalized spacial score (nSPS) is 14.1. The summed E-state index contributed by atoms with van der Waals surface area (Å²) in [4.78, 5) is 12.4. The molecule has 10 heteroatoms. The smallest absolute Gasteiger partial charge is 0.442 e. The number of aromatic hydroxyl groups is 1. The summed E-state index contributed by atoms with van der Waals surface area (Å²) >= 11 is 0. The monoisotopic (exact) mass is 483 g/mol. The molecular weight excluding hydrogens is 463 g/mol. The molecule has 3 aromatic carbocycles. The number of ether oxygens (including phenoxy) is 2. The number of para-hydroxylation sites is 2. The van der Waals surface area contributed by atoms with E-state index < -0.39 is 17.7 Å². The minimum Gasteiger partial charge on any atom is -0.504 e. The van der Waals surface area contributed by atoms with Gasteiger partial charge in [0.05, 0.1) is 12.8 Å². The first-order valence-electron chi connectivity index (χ1n) is 10.4. The zero-order chi connectivity index (χ0) is 25.1. The molecule has 4 rings (SSSR count). The summed E-state index contributed by atoms with van der Waals surface area (Å²) in [6.45, 7) is 0.0709. The van der Waals surface area contributed by atoms with E-state index in [-0.39, 0.29) is 17.9 Å². The second-order valence-electron chi connectivity index (χ2n) is 7.61. The summed E-state index contributed by atoms with van der Waals surface area (Å²) in [5.41, 5.74) is -0.861. The predicted molar refractivity (Wildman–Crippen MR) is 122 cm³/mol. The number of hydrogen-bond donors (Lipinski definition) is 2. The highest BCUT2D eigenvalue weighted by molar-refractivity contribution is 6.02. The SMILES string of the molecule is COc1ccc(/C=C/C(=O)Nc2ccccc2OCc2ccc(C3(C(F)(F)F)N=N3)cc2)cc1O. The molecule has 0 saturated heterocycles. The van der Waals surface area contributed by atoms with Crippen LogP contribution in [-0.4, -0.2) is 24.3 Å². The molecule has 0 atom stereocenters. The Balaban J connectivity index is 1.38. The van der Waals surface area contributed by atoms with Gasteiger partial charge in [0.2, 0.25) is 5.91 Å². The highest BCUT2D eigenvalue weighted by atomic mass is 19.4. The first-order chi connectivity index (χ1) is 16.7. The van der Waals surface area contributed by atoms with E-state index in [0.29, 0.717) is 28.3 Å². The molecule has 0 radical (unpaired) electrons. The number of phenolic OH excluding ortho intramolecular Hbond substituents is 1.